The average molecular weight is 296 g/mol. The summed E-state index contributed by atoms with van der Waals surface area (Å²) in [5.41, 5.74) is 0.363. The molecule has 3 fully saturated rings. The van der Waals surface area contributed by atoms with Crippen LogP contribution in [-0.2, 0) is 9.47 Å². The molecule has 0 aromatic carbocycles. The van der Waals surface area contributed by atoms with Crippen LogP contribution in [0.4, 0.5) is 0 Å². The van der Waals surface area contributed by atoms with E-state index < -0.39 is 0 Å². The number of nitrogens with one attached hydrogen (secondary N) is 1. The fourth-order valence-electron chi connectivity index (χ4n) is 3.86. The van der Waals surface area contributed by atoms with Gasteiger partial charge in [0.1, 0.15) is 0 Å². The Kier molecular flexibility index (Phi) is 5.20. The van der Waals surface area contributed by atoms with Crippen LogP contribution in [0.3, 0.4) is 0 Å². The van der Waals surface area contributed by atoms with Crippen molar-refractivity contribution in [2.45, 2.75) is 50.6 Å². The standard InChI is InChI=1S/C17H32N2O2/c1-17(15-6-7-15)13-19(8-3-9-21-11-10-20-2)16(12-18-17)14-4-5-14/h14-16,18H,3-13H2,1-2H3. The molecule has 21 heavy (non-hydrogen) atoms. The lowest BCUT2D eigenvalue weighted by Gasteiger charge is -2.47. The van der Waals surface area contributed by atoms with Crippen LogP contribution in [0.15, 0.2) is 0 Å². The lowest BCUT2D eigenvalue weighted by molar-refractivity contribution is 0.0401. The van der Waals surface area contributed by atoms with E-state index in [1.54, 1.807) is 7.11 Å². The zero-order valence-electron chi connectivity index (χ0n) is 13.8. The number of nitrogens with zero attached hydrogens (tertiary/aromatic N) is 1. The van der Waals surface area contributed by atoms with E-state index in [0.29, 0.717) is 12.1 Å². The third-order valence-corrected chi connectivity index (χ3v) is 5.53. The molecule has 2 atom stereocenters. The van der Waals surface area contributed by atoms with Gasteiger partial charge in [-0.2, -0.15) is 0 Å². The summed E-state index contributed by atoms with van der Waals surface area (Å²) in [6.07, 6.45) is 6.87. The molecule has 0 spiro atoms. The number of hydrogen-bond donors (Lipinski definition) is 1. The van der Waals surface area contributed by atoms with Crippen LogP contribution in [-0.4, -0.2) is 63.0 Å². The van der Waals surface area contributed by atoms with E-state index in [1.807, 2.05) is 0 Å². The molecule has 2 saturated carbocycles. The Morgan fingerprint density at radius 2 is 1.95 bits per heavy atom. The van der Waals surface area contributed by atoms with Crippen molar-refractivity contribution in [2.24, 2.45) is 11.8 Å². The van der Waals surface area contributed by atoms with Gasteiger partial charge >= 0.3 is 0 Å². The fourth-order valence-corrected chi connectivity index (χ4v) is 3.86. The first-order chi connectivity index (χ1) is 10.2. The Morgan fingerprint density at radius 3 is 2.62 bits per heavy atom. The molecule has 0 bridgehead atoms. The van der Waals surface area contributed by atoms with Crippen molar-refractivity contribution in [1.29, 1.82) is 0 Å². The maximum absolute atomic E-state index is 5.62. The number of piperazine rings is 1. The van der Waals surface area contributed by atoms with Gasteiger partial charge in [-0.3, -0.25) is 4.90 Å². The van der Waals surface area contributed by atoms with E-state index in [0.717, 1.165) is 37.5 Å². The lowest BCUT2D eigenvalue weighted by Crippen LogP contribution is -2.64. The van der Waals surface area contributed by atoms with Crippen LogP contribution in [0, 0.1) is 11.8 Å². The average Bonchev–Trinajstić information content (AvgIpc) is 3.34. The zero-order valence-corrected chi connectivity index (χ0v) is 13.8. The van der Waals surface area contributed by atoms with Gasteiger partial charge in [-0.15, -0.1) is 0 Å². The molecular weight excluding hydrogens is 264 g/mol. The number of methoxy groups -OCH3 is 1. The first-order valence-corrected chi connectivity index (χ1v) is 8.79. The Labute approximate surface area is 129 Å². The maximum Gasteiger partial charge on any atom is 0.0700 e. The van der Waals surface area contributed by atoms with Gasteiger partial charge in [0, 0.05) is 44.9 Å². The van der Waals surface area contributed by atoms with Crippen LogP contribution in [0.5, 0.6) is 0 Å². The molecule has 2 unspecified atom stereocenters. The molecule has 4 nitrogen and oxygen atoms in total. The van der Waals surface area contributed by atoms with Crippen LogP contribution in [0.2, 0.25) is 0 Å². The number of ether oxygens (including phenoxy) is 2. The summed E-state index contributed by atoms with van der Waals surface area (Å²) in [4.78, 5) is 2.77. The van der Waals surface area contributed by atoms with E-state index in [-0.39, 0.29) is 0 Å². The molecule has 1 N–H and O–H groups in total. The fraction of sp³-hybridized carbons (Fsp3) is 1.00. The minimum atomic E-state index is 0.363. The highest BCUT2D eigenvalue weighted by Crippen LogP contribution is 2.44. The third-order valence-electron chi connectivity index (χ3n) is 5.53. The molecule has 3 rings (SSSR count). The van der Waals surface area contributed by atoms with E-state index >= 15 is 0 Å². The maximum atomic E-state index is 5.62. The minimum absolute atomic E-state index is 0.363. The molecule has 3 aliphatic rings. The Bertz CT molecular complexity index is 331. The first kappa shape index (κ1) is 15.7. The van der Waals surface area contributed by atoms with Gasteiger partial charge in [-0.1, -0.05) is 0 Å². The van der Waals surface area contributed by atoms with Crippen molar-refractivity contribution < 1.29 is 9.47 Å². The quantitative estimate of drug-likeness (QED) is 0.659. The molecule has 2 aliphatic carbocycles. The molecule has 0 aromatic rings. The van der Waals surface area contributed by atoms with Crippen molar-refractivity contribution in [2.75, 3.05) is 46.6 Å². The molecule has 0 aromatic heterocycles. The largest absolute Gasteiger partial charge is 0.382 e. The van der Waals surface area contributed by atoms with Gasteiger partial charge in [0.25, 0.3) is 0 Å². The highest BCUT2D eigenvalue weighted by Gasteiger charge is 2.48. The van der Waals surface area contributed by atoms with E-state index in [2.05, 4.69) is 17.1 Å². The summed E-state index contributed by atoms with van der Waals surface area (Å²) in [6, 6.07) is 0.774. The summed E-state index contributed by atoms with van der Waals surface area (Å²) in [5.74, 6) is 1.87. The van der Waals surface area contributed by atoms with Crippen LogP contribution in [0.1, 0.15) is 39.0 Å². The zero-order chi connectivity index (χ0) is 14.7. The second-order valence-corrected chi connectivity index (χ2v) is 7.41. The summed E-state index contributed by atoms with van der Waals surface area (Å²) >= 11 is 0. The number of hydrogen-bond acceptors (Lipinski definition) is 4. The second kappa shape index (κ2) is 6.95. The smallest absolute Gasteiger partial charge is 0.0700 e. The number of rotatable bonds is 9. The van der Waals surface area contributed by atoms with Crippen molar-refractivity contribution in [3.8, 4) is 0 Å². The monoisotopic (exact) mass is 296 g/mol. The highest BCUT2D eigenvalue weighted by atomic mass is 16.5. The second-order valence-electron chi connectivity index (χ2n) is 7.41. The van der Waals surface area contributed by atoms with Gasteiger partial charge in [0.15, 0.2) is 0 Å². The molecular formula is C17H32N2O2. The van der Waals surface area contributed by atoms with Crippen molar-refractivity contribution >= 4 is 0 Å². The molecule has 4 heteroatoms. The molecule has 1 aliphatic heterocycles. The van der Waals surface area contributed by atoms with E-state index in [1.165, 1.54) is 45.3 Å². The summed E-state index contributed by atoms with van der Waals surface area (Å²) in [6.45, 7) is 8.36. The minimum Gasteiger partial charge on any atom is -0.382 e. The van der Waals surface area contributed by atoms with Gasteiger partial charge in [-0.05, 0) is 50.9 Å². The molecule has 0 radical (unpaired) electrons. The summed E-state index contributed by atoms with van der Waals surface area (Å²) < 4.78 is 10.6. The predicted octanol–water partition coefficient (Wildman–Crippen LogP) is 1.89. The van der Waals surface area contributed by atoms with Gasteiger partial charge in [0.05, 0.1) is 13.2 Å². The molecule has 1 saturated heterocycles. The van der Waals surface area contributed by atoms with Gasteiger partial charge in [0.2, 0.25) is 0 Å². The Hall–Kier alpha value is -0.160. The summed E-state index contributed by atoms with van der Waals surface area (Å²) in [7, 11) is 1.73. The highest BCUT2D eigenvalue weighted by molar-refractivity contribution is 5.06. The van der Waals surface area contributed by atoms with Crippen molar-refractivity contribution in [3.05, 3.63) is 0 Å². The van der Waals surface area contributed by atoms with Crippen LogP contribution < -0.4 is 5.32 Å². The first-order valence-electron chi connectivity index (χ1n) is 8.79. The van der Waals surface area contributed by atoms with E-state index in [4.69, 9.17) is 9.47 Å². The Balaban J connectivity index is 1.44. The molecule has 1 heterocycles. The third kappa shape index (κ3) is 4.19. The van der Waals surface area contributed by atoms with Gasteiger partial charge in [-0.25, -0.2) is 0 Å². The molecule has 122 valence electrons. The predicted molar refractivity (Wildman–Crippen MR) is 84.5 cm³/mol. The van der Waals surface area contributed by atoms with Gasteiger partial charge < -0.3 is 14.8 Å². The Morgan fingerprint density at radius 1 is 1.14 bits per heavy atom. The topological polar surface area (TPSA) is 33.7 Å². The van der Waals surface area contributed by atoms with Crippen LogP contribution >= 0.6 is 0 Å². The lowest BCUT2D eigenvalue weighted by atomic mass is 9.89. The SMILES string of the molecule is COCCOCCCN1CC(C)(C2CC2)NCC1C1CC1. The normalized spacial score (nSPS) is 34.3. The van der Waals surface area contributed by atoms with E-state index in [9.17, 15) is 0 Å². The molecule has 0 amide bonds. The van der Waals surface area contributed by atoms with Crippen molar-refractivity contribution in [1.82, 2.24) is 10.2 Å². The van der Waals surface area contributed by atoms with Crippen LogP contribution in [0.25, 0.3) is 0 Å². The summed E-state index contributed by atoms with van der Waals surface area (Å²) in [5, 5.41) is 3.89. The van der Waals surface area contributed by atoms with Crippen molar-refractivity contribution in [3.63, 3.8) is 0 Å².